The molecule has 0 atom stereocenters. The van der Waals surface area contributed by atoms with Crippen LogP contribution in [-0.4, -0.2) is 26.0 Å². The highest BCUT2D eigenvalue weighted by Gasteiger charge is 2.08. The molecule has 0 bridgehead atoms. The SMILES string of the molecule is O=C(NCc1cn(-c2ccsc2)nn1)Nc1cccc2cccnc12. The Morgan fingerprint density at radius 1 is 1.20 bits per heavy atom. The Morgan fingerprint density at radius 3 is 3.00 bits per heavy atom. The first-order valence-electron chi connectivity index (χ1n) is 7.62. The second kappa shape index (κ2) is 6.70. The molecule has 0 spiro atoms. The van der Waals surface area contributed by atoms with Crippen molar-refractivity contribution < 1.29 is 4.79 Å². The summed E-state index contributed by atoms with van der Waals surface area (Å²) in [6, 6.07) is 11.1. The number of carbonyl (C=O) groups excluding carboxylic acids is 1. The van der Waals surface area contributed by atoms with Gasteiger partial charge < -0.3 is 10.6 Å². The molecule has 0 saturated heterocycles. The van der Waals surface area contributed by atoms with Gasteiger partial charge in [-0.15, -0.1) is 5.10 Å². The van der Waals surface area contributed by atoms with Crippen LogP contribution in [0.5, 0.6) is 0 Å². The minimum Gasteiger partial charge on any atom is -0.332 e. The first kappa shape index (κ1) is 15.3. The number of urea groups is 1. The molecule has 3 heterocycles. The van der Waals surface area contributed by atoms with Crippen LogP contribution in [0.2, 0.25) is 0 Å². The van der Waals surface area contributed by atoms with E-state index in [0.29, 0.717) is 11.4 Å². The van der Waals surface area contributed by atoms with Crippen molar-refractivity contribution in [3.63, 3.8) is 0 Å². The van der Waals surface area contributed by atoms with Gasteiger partial charge in [0.25, 0.3) is 0 Å². The zero-order valence-corrected chi connectivity index (χ0v) is 13.9. The molecule has 0 aliphatic rings. The number of thiophene rings is 1. The van der Waals surface area contributed by atoms with E-state index in [2.05, 4.69) is 25.9 Å². The third-order valence-corrected chi connectivity index (χ3v) is 4.29. The Balaban J connectivity index is 1.41. The third-order valence-electron chi connectivity index (χ3n) is 3.62. The van der Waals surface area contributed by atoms with Crippen LogP contribution in [0.25, 0.3) is 16.6 Å². The number of pyridine rings is 1. The maximum Gasteiger partial charge on any atom is 0.319 e. The van der Waals surface area contributed by atoms with Crippen molar-refractivity contribution in [2.24, 2.45) is 0 Å². The lowest BCUT2D eigenvalue weighted by molar-refractivity contribution is 0.251. The van der Waals surface area contributed by atoms with Gasteiger partial charge in [0.15, 0.2) is 0 Å². The molecule has 0 aliphatic carbocycles. The van der Waals surface area contributed by atoms with Crippen LogP contribution in [-0.2, 0) is 6.54 Å². The Labute approximate surface area is 147 Å². The van der Waals surface area contributed by atoms with E-state index in [1.807, 2.05) is 47.2 Å². The molecular formula is C17H14N6OS. The van der Waals surface area contributed by atoms with E-state index in [1.165, 1.54) is 0 Å². The second-order valence-corrected chi connectivity index (χ2v) is 6.10. The maximum atomic E-state index is 12.2. The maximum absolute atomic E-state index is 12.2. The predicted molar refractivity (Wildman–Crippen MR) is 96.8 cm³/mol. The van der Waals surface area contributed by atoms with Crippen LogP contribution >= 0.6 is 11.3 Å². The van der Waals surface area contributed by atoms with Crippen molar-refractivity contribution >= 4 is 34.0 Å². The number of nitrogens with zero attached hydrogens (tertiary/aromatic N) is 4. The fourth-order valence-electron chi connectivity index (χ4n) is 2.44. The van der Waals surface area contributed by atoms with Crippen molar-refractivity contribution in [1.29, 1.82) is 0 Å². The highest BCUT2D eigenvalue weighted by molar-refractivity contribution is 7.08. The molecule has 0 radical (unpaired) electrons. The number of hydrogen-bond donors (Lipinski definition) is 2. The van der Waals surface area contributed by atoms with E-state index < -0.39 is 0 Å². The number of benzene rings is 1. The summed E-state index contributed by atoms with van der Waals surface area (Å²) in [6.45, 7) is 0.286. The van der Waals surface area contributed by atoms with Crippen LogP contribution in [0.1, 0.15) is 5.69 Å². The monoisotopic (exact) mass is 350 g/mol. The Kier molecular flexibility index (Phi) is 4.09. The van der Waals surface area contributed by atoms with Gasteiger partial charge in [-0.1, -0.05) is 23.4 Å². The van der Waals surface area contributed by atoms with E-state index >= 15 is 0 Å². The van der Waals surface area contributed by atoms with Gasteiger partial charge in [0.05, 0.1) is 29.6 Å². The average molecular weight is 350 g/mol. The number of fused-ring (bicyclic) bond motifs is 1. The summed E-state index contributed by atoms with van der Waals surface area (Å²) >= 11 is 1.59. The average Bonchev–Trinajstić information content (AvgIpc) is 3.32. The first-order chi connectivity index (χ1) is 12.3. The number of amides is 2. The van der Waals surface area contributed by atoms with E-state index in [-0.39, 0.29) is 12.6 Å². The number of para-hydroxylation sites is 1. The summed E-state index contributed by atoms with van der Waals surface area (Å²) in [5.41, 5.74) is 3.05. The molecule has 1 aromatic carbocycles. The molecule has 2 amide bonds. The number of rotatable bonds is 4. The summed E-state index contributed by atoms with van der Waals surface area (Å²) < 4.78 is 1.68. The molecule has 8 heteroatoms. The van der Waals surface area contributed by atoms with Crippen LogP contribution < -0.4 is 10.6 Å². The summed E-state index contributed by atoms with van der Waals surface area (Å²) in [5.74, 6) is 0. The van der Waals surface area contributed by atoms with Crippen LogP contribution in [0.15, 0.2) is 59.6 Å². The summed E-state index contributed by atoms with van der Waals surface area (Å²) in [4.78, 5) is 16.5. The number of anilines is 1. The molecule has 7 nitrogen and oxygen atoms in total. The summed E-state index contributed by atoms with van der Waals surface area (Å²) in [5, 5.41) is 18.6. The van der Waals surface area contributed by atoms with Gasteiger partial charge in [0.2, 0.25) is 0 Å². The molecule has 0 saturated carbocycles. The molecule has 4 rings (SSSR count). The van der Waals surface area contributed by atoms with Crippen LogP contribution in [0.3, 0.4) is 0 Å². The standard InChI is InChI=1S/C17H14N6OS/c24-17(20-15-5-1-3-12-4-2-7-18-16(12)15)19-9-13-10-23(22-21-13)14-6-8-25-11-14/h1-8,10-11H,9H2,(H2,19,20,24). The van der Waals surface area contributed by atoms with Crippen LogP contribution in [0.4, 0.5) is 10.5 Å². The van der Waals surface area contributed by atoms with E-state index in [9.17, 15) is 4.79 Å². The first-order valence-corrected chi connectivity index (χ1v) is 8.56. The molecule has 3 aromatic heterocycles. The van der Waals surface area contributed by atoms with Gasteiger partial charge in [-0.3, -0.25) is 4.98 Å². The normalized spacial score (nSPS) is 10.7. The summed E-state index contributed by atoms with van der Waals surface area (Å²) in [7, 11) is 0. The van der Waals surface area contributed by atoms with Crippen molar-refractivity contribution in [2.75, 3.05) is 5.32 Å². The van der Waals surface area contributed by atoms with Gasteiger partial charge >= 0.3 is 6.03 Å². The number of carbonyl (C=O) groups is 1. The highest BCUT2D eigenvalue weighted by atomic mass is 32.1. The van der Waals surface area contributed by atoms with Gasteiger partial charge in [-0.2, -0.15) is 11.3 Å². The minimum atomic E-state index is -0.316. The van der Waals surface area contributed by atoms with Crippen molar-refractivity contribution in [3.8, 4) is 5.69 Å². The lowest BCUT2D eigenvalue weighted by Crippen LogP contribution is -2.28. The minimum absolute atomic E-state index is 0.286. The number of nitrogens with one attached hydrogen (secondary N) is 2. The fraction of sp³-hybridized carbons (Fsp3) is 0.0588. The van der Waals surface area contributed by atoms with E-state index in [1.54, 1.807) is 28.4 Å². The lowest BCUT2D eigenvalue weighted by Gasteiger charge is -2.08. The molecule has 4 aromatic rings. The van der Waals surface area contributed by atoms with Gasteiger partial charge in [0.1, 0.15) is 5.69 Å². The number of hydrogen-bond acceptors (Lipinski definition) is 5. The van der Waals surface area contributed by atoms with E-state index in [4.69, 9.17) is 0 Å². The fourth-order valence-corrected chi connectivity index (χ4v) is 3.06. The van der Waals surface area contributed by atoms with Crippen LogP contribution in [0, 0.1) is 0 Å². The van der Waals surface area contributed by atoms with E-state index in [0.717, 1.165) is 16.6 Å². The van der Waals surface area contributed by atoms with Gasteiger partial charge in [-0.25, -0.2) is 9.48 Å². The molecular weight excluding hydrogens is 336 g/mol. The quantitative estimate of drug-likeness (QED) is 0.592. The summed E-state index contributed by atoms with van der Waals surface area (Å²) in [6.07, 6.45) is 3.50. The highest BCUT2D eigenvalue weighted by Crippen LogP contribution is 2.20. The zero-order valence-electron chi connectivity index (χ0n) is 13.1. The predicted octanol–water partition coefficient (Wildman–Crippen LogP) is 3.20. The molecule has 0 fully saturated rings. The molecule has 124 valence electrons. The molecule has 0 aliphatic heterocycles. The van der Waals surface area contributed by atoms with Crippen molar-refractivity contribution in [1.82, 2.24) is 25.3 Å². The smallest absolute Gasteiger partial charge is 0.319 e. The third kappa shape index (κ3) is 3.33. The van der Waals surface area contributed by atoms with Gasteiger partial charge in [0, 0.05) is 17.0 Å². The number of aromatic nitrogens is 4. The zero-order chi connectivity index (χ0) is 17.1. The largest absolute Gasteiger partial charge is 0.332 e. The Hall–Kier alpha value is -3.26. The Morgan fingerprint density at radius 2 is 2.12 bits per heavy atom. The molecule has 0 unspecified atom stereocenters. The Bertz CT molecular complexity index is 1010. The second-order valence-electron chi connectivity index (χ2n) is 5.32. The molecule has 25 heavy (non-hydrogen) atoms. The van der Waals surface area contributed by atoms with Crippen molar-refractivity contribution in [2.45, 2.75) is 6.54 Å². The topological polar surface area (TPSA) is 84.7 Å². The van der Waals surface area contributed by atoms with Crippen molar-refractivity contribution in [3.05, 3.63) is 65.2 Å². The van der Waals surface area contributed by atoms with Gasteiger partial charge in [-0.05, 0) is 23.6 Å². The molecule has 2 N–H and O–H groups in total. The lowest BCUT2D eigenvalue weighted by atomic mass is 10.2.